The molecular formula is C19H15F3N2O4. The fourth-order valence-corrected chi connectivity index (χ4v) is 2.90. The maximum absolute atomic E-state index is 12.6. The molecule has 28 heavy (non-hydrogen) atoms. The highest BCUT2D eigenvalue weighted by atomic mass is 19.4. The zero-order chi connectivity index (χ0) is 19.9. The summed E-state index contributed by atoms with van der Waals surface area (Å²) in [7, 11) is 0. The maximum atomic E-state index is 12.6. The number of hydrogen-bond donors (Lipinski definition) is 2. The summed E-state index contributed by atoms with van der Waals surface area (Å²) in [6.07, 6.45) is -3.74. The molecule has 0 atom stereocenters. The number of nitrogens with one attached hydrogen (secondary N) is 2. The van der Waals surface area contributed by atoms with Crippen LogP contribution in [0, 0.1) is 5.41 Å². The minimum absolute atomic E-state index is 0.103. The first-order valence-electron chi connectivity index (χ1n) is 8.48. The first-order chi connectivity index (χ1) is 13.3. The van der Waals surface area contributed by atoms with E-state index in [-0.39, 0.29) is 12.5 Å². The van der Waals surface area contributed by atoms with Gasteiger partial charge in [-0.25, -0.2) is 0 Å². The normalized spacial score (nSPS) is 16.4. The van der Waals surface area contributed by atoms with Crippen molar-refractivity contribution < 1.29 is 32.2 Å². The second-order valence-corrected chi connectivity index (χ2v) is 6.63. The van der Waals surface area contributed by atoms with Crippen LogP contribution in [-0.2, 0) is 15.8 Å². The van der Waals surface area contributed by atoms with E-state index >= 15 is 0 Å². The molecule has 1 aliphatic heterocycles. The van der Waals surface area contributed by atoms with Crippen LogP contribution < -0.4 is 20.1 Å². The molecular weight excluding hydrogens is 377 g/mol. The number of carbonyl (C=O) groups excluding carboxylic acids is 2. The van der Waals surface area contributed by atoms with E-state index in [0.29, 0.717) is 30.0 Å². The number of alkyl halides is 3. The zero-order valence-corrected chi connectivity index (χ0v) is 14.4. The highest BCUT2D eigenvalue weighted by Crippen LogP contribution is 2.48. The molecule has 2 aromatic rings. The van der Waals surface area contributed by atoms with E-state index in [1.54, 1.807) is 18.2 Å². The van der Waals surface area contributed by atoms with Gasteiger partial charge in [0.1, 0.15) is 5.41 Å². The Morgan fingerprint density at radius 3 is 2.04 bits per heavy atom. The lowest BCUT2D eigenvalue weighted by atomic mass is 10.0. The first-order valence-corrected chi connectivity index (χ1v) is 8.48. The zero-order valence-electron chi connectivity index (χ0n) is 14.4. The van der Waals surface area contributed by atoms with Crippen LogP contribution in [0.3, 0.4) is 0 Å². The van der Waals surface area contributed by atoms with E-state index in [2.05, 4.69) is 10.6 Å². The number of rotatable bonds is 4. The van der Waals surface area contributed by atoms with E-state index in [1.807, 2.05) is 0 Å². The minimum atomic E-state index is -4.45. The largest absolute Gasteiger partial charge is 0.454 e. The monoisotopic (exact) mass is 392 g/mol. The van der Waals surface area contributed by atoms with Gasteiger partial charge in [0.15, 0.2) is 11.5 Å². The molecule has 1 aliphatic carbocycles. The highest BCUT2D eigenvalue weighted by Gasteiger charge is 2.56. The lowest BCUT2D eigenvalue weighted by Gasteiger charge is -2.16. The molecule has 6 nitrogen and oxygen atoms in total. The van der Waals surface area contributed by atoms with Crippen molar-refractivity contribution in [3.05, 3.63) is 48.0 Å². The van der Waals surface area contributed by atoms with Crippen LogP contribution in [0.4, 0.5) is 24.5 Å². The molecule has 9 heteroatoms. The Hall–Kier alpha value is -3.23. The van der Waals surface area contributed by atoms with Crippen molar-refractivity contribution >= 4 is 23.2 Å². The quantitative estimate of drug-likeness (QED) is 0.777. The number of anilines is 2. The van der Waals surface area contributed by atoms with Crippen LogP contribution in [-0.4, -0.2) is 18.6 Å². The van der Waals surface area contributed by atoms with E-state index in [1.165, 1.54) is 0 Å². The summed E-state index contributed by atoms with van der Waals surface area (Å²) in [6.45, 7) is 0.103. The van der Waals surface area contributed by atoms with Crippen LogP contribution in [0.25, 0.3) is 0 Å². The first kappa shape index (κ1) is 18.1. The molecule has 0 unspecified atom stereocenters. The molecule has 4 rings (SSSR count). The van der Waals surface area contributed by atoms with Gasteiger partial charge in [0, 0.05) is 17.4 Å². The third kappa shape index (κ3) is 3.35. The number of benzene rings is 2. The van der Waals surface area contributed by atoms with E-state index in [4.69, 9.17) is 9.47 Å². The topological polar surface area (TPSA) is 76.7 Å². The fraction of sp³-hybridized carbons (Fsp3) is 0.263. The number of halogens is 3. The minimum Gasteiger partial charge on any atom is -0.454 e. The highest BCUT2D eigenvalue weighted by molar-refractivity contribution is 6.16. The van der Waals surface area contributed by atoms with Crippen molar-refractivity contribution in [3.8, 4) is 11.5 Å². The second-order valence-electron chi connectivity index (χ2n) is 6.63. The lowest BCUT2D eigenvalue weighted by Crippen LogP contribution is -2.35. The number of fused-ring (bicyclic) bond motifs is 1. The van der Waals surface area contributed by atoms with Crippen molar-refractivity contribution in [1.29, 1.82) is 0 Å². The van der Waals surface area contributed by atoms with Crippen LogP contribution in [0.1, 0.15) is 18.4 Å². The van der Waals surface area contributed by atoms with E-state index in [9.17, 15) is 22.8 Å². The maximum Gasteiger partial charge on any atom is 0.416 e. The van der Waals surface area contributed by atoms with Crippen LogP contribution in [0.15, 0.2) is 42.5 Å². The molecule has 0 aromatic heterocycles. The molecule has 0 radical (unpaired) electrons. The summed E-state index contributed by atoms with van der Waals surface area (Å²) >= 11 is 0. The summed E-state index contributed by atoms with van der Waals surface area (Å²) in [6, 6.07) is 8.96. The molecule has 2 aromatic carbocycles. The smallest absolute Gasteiger partial charge is 0.416 e. The average molecular weight is 392 g/mol. The summed E-state index contributed by atoms with van der Waals surface area (Å²) in [5, 5.41) is 5.21. The molecule has 2 aliphatic rings. The van der Waals surface area contributed by atoms with Crippen LogP contribution in [0.2, 0.25) is 0 Å². The SMILES string of the molecule is O=C(Nc1ccc(C(F)(F)F)cc1)C1(C(=O)Nc2ccc3c(c2)OCO3)CC1. The van der Waals surface area contributed by atoms with Gasteiger partial charge in [0.2, 0.25) is 18.6 Å². The summed E-state index contributed by atoms with van der Waals surface area (Å²) in [5.74, 6) is 0.0392. The van der Waals surface area contributed by atoms with Crippen molar-refractivity contribution in [1.82, 2.24) is 0 Å². The van der Waals surface area contributed by atoms with E-state index < -0.39 is 29.0 Å². The Labute approximate surface area is 157 Å². The number of amides is 2. The average Bonchev–Trinajstić information content (AvgIpc) is 3.34. The Bertz CT molecular complexity index is 937. The molecule has 0 saturated heterocycles. The Morgan fingerprint density at radius 1 is 0.857 bits per heavy atom. The van der Waals surface area contributed by atoms with Crippen molar-refractivity contribution in [2.75, 3.05) is 17.4 Å². The summed E-state index contributed by atoms with van der Waals surface area (Å²) in [4.78, 5) is 25.2. The summed E-state index contributed by atoms with van der Waals surface area (Å²) < 4.78 is 48.3. The second kappa shape index (κ2) is 6.43. The number of hydrogen-bond acceptors (Lipinski definition) is 4. The lowest BCUT2D eigenvalue weighted by molar-refractivity contribution is -0.137. The molecule has 2 amide bonds. The van der Waals surface area contributed by atoms with Gasteiger partial charge in [-0.15, -0.1) is 0 Å². The van der Waals surface area contributed by atoms with Gasteiger partial charge < -0.3 is 20.1 Å². The van der Waals surface area contributed by atoms with Gasteiger partial charge in [-0.1, -0.05) is 0 Å². The standard InChI is InChI=1S/C19H15F3N2O4/c20-19(21,22)11-1-3-12(4-2-11)23-16(25)18(7-8-18)17(26)24-13-5-6-14-15(9-13)28-10-27-14/h1-6,9H,7-8,10H2,(H,23,25)(H,24,26). The van der Waals surface area contributed by atoms with Gasteiger partial charge in [0.25, 0.3) is 0 Å². The van der Waals surface area contributed by atoms with Gasteiger partial charge in [-0.2, -0.15) is 13.2 Å². The van der Waals surface area contributed by atoms with Gasteiger partial charge in [-0.05, 0) is 49.2 Å². The van der Waals surface area contributed by atoms with Crippen LogP contribution >= 0.6 is 0 Å². The molecule has 146 valence electrons. The predicted octanol–water partition coefficient (Wildman–Crippen LogP) is 3.79. The Balaban J connectivity index is 1.43. The van der Waals surface area contributed by atoms with Gasteiger partial charge in [-0.3, -0.25) is 9.59 Å². The molecule has 1 saturated carbocycles. The molecule has 1 fully saturated rings. The van der Waals surface area contributed by atoms with Gasteiger partial charge in [0.05, 0.1) is 5.56 Å². The molecule has 0 bridgehead atoms. The van der Waals surface area contributed by atoms with Crippen molar-refractivity contribution in [2.45, 2.75) is 19.0 Å². The fourth-order valence-electron chi connectivity index (χ4n) is 2.90. The molecule has 2 N–H and O–H groups in total. The Morgan fingerprint density at radius 2 is 1.43 bits per heavy atom. The molecule has 0 spiro atoms. The van der Waals surface area contributed by atoms with Crippen molar-refractivity contribution in [2.24, 2.45) is 5.41 Å². The summed E-state index contributed by atoms with van der Waals surface area (Å²) in [5.41, 5.74) is -1.39. The third-order valence-corrected chi connectivity index (χ3v) is 4.72. The van der Waals surface area contributed by atoms with Gasteiger partial charge >= 0.3 is 6.18 Å². The predicted molar refractivity (Wildman–Crippen MR) is 92.9 cm³/mol. The van der Waals surface area contributed by atoms with E-state index in [0.717, 1.165) is 24.3 Å². The number of carbonyl (C=O) groups is 2. The number of ether oxygens (including phenoxy) is 2. The Kier molecular flexibility index (Phi) is 4.17. The van der Waals surface area contributed by atoms with Crippen LogP contribution in [0.5, 0.6) is 11.5 Å². The van der Waals surface area contributed by atoms with Crippen molar-refractivity contribution in [3.63, 3.8) is 0 Å². The third-order valence-electron chi connectivity index (χ3n) is 4.72. The molecule has 1 heterocycles.